The molecule has 0 amide bonds. The topological polar surface area (TPSA) is 57.6 Å². The lowest BCUT2D eigenvalue weighted by atomic mass is 10.1. The summed E-state index contributed by atoms with van der Waals surface area (Å²) in [7, 11) is -2.79. The van der Waals surface area contributed by atoms with Crippen LogP contribution in [0.3, 0.4) is 0 Å². The number of hydrogen-bond acceptors (Lipinski definition) is 4. The fourth-order valence-electron chi connectivity index (χ4n) is 1.46. The van der Waals surface area contributed by atoms with E-state index in [9.17, 15) is 13.5 Å². The number of β-amino-alcohol motifs (C(OH)–C–C–N with tert-alkyl or cyclic N) is 1. The van der Waals surface area contributed by atoms with Crippen LogP contribution >= 0.6 is 0 Å². The van der Waals surface area contributed by atoms with Gasteiger partial charge in [0.05, 0.1) is 17.1 Å². The Balaban J connectivity index is 2.43. The summed E-state index contributed by atoms with van der Waals surface area (Å²) in [5, 5.41) is 9.51. The number of nitrogens with zero attached hydrogens (tertiary/aromatic N) is 1. The molecule has 1 aliphatic rings. The summed E-state index contributed by atoms with van der Waals surface area (Å²) in [5.41, 5.74) is -0.735. The highest BCUT2D eigenvalue weighted by Crippen LogP contribution is 2.09. The average Bonchev–Trinajstić information content (AvgIpc) is 1.91. The van der Waals surface area contributed by atoms with Gasteiger partial charge in [-0.25, -0.2) is 8.42 Å². The molecule has 1 saturated heterocycles. The second-order valence-electron chi connectivity index (χ2n) is 4.24. The molecule has 0 atom stereocenters. The molecule has 78 valence electrons. The predicted molar refractivity (Wildman–Crippen MR) is 51.4 cm³/mol. The van der Waals surface area contributed by atoms with Crippen molar-refractivity contribution in [3.63, 3.8) is 0 Å². The Morgan fingerprint density at radius 1 is 1.31 bits per heavy atom. The molecule has 0 radical (unpaired) electrons. The van der Waals surface area contributed by atoms with E-state index in [1.807, 2.05) is 4.90 Å². The van der Waals surface area contributed by atoms with Crippen LogP contribution in [0.15, 0.2) is 0 Å². The highest BCUT2D eigenvalue weighted by Gasteiger charge is 2.25. The van der Waals surface area contributed by atoms with Crippen LogP contribution in [0.4, 0.5) is 0 Å². The summed E-state index contributed by atoms with van der Waals surface area (Å²) in [4.78, 5) is 1.99. The van der Waals surface area contributed by atoms with Gasteiger partial charge in [-0.2, -0.15) is 0 Å². The quantitative estimate of drug-likeness (QED) is 0.662. The lowest BCUT2D eigenvalue weighted by Gasteiger charge is -2.31. The maximum atomic E-state index is 11.1. The van der Waals surface area contributed by atoms with Gasteiger partial charge in [0.1, 0.15) is 0 Å². The summed E-state index contributed by atoms with van der Waals surface area (Å²) >= 11 is 0. The van der Waals surface area contributed by atoms with Crippen LogP contribution in [0.1, 0.15) is 13.8 Å². The van der Waals surface area contributed by atoms with Crippen LogP contribution in [-0.2, 0) is 9.84 Å². The fourth-order valence-corrected chi connectivity index (χ4v) is 2.73. The van der Waals surface area contributed by atoms with Gasteiger partial charge < -0.3 is 5.11 Å². The molecule has 0 aliphatic carbocycles. The minimum Gasteiger partial charge on any atom is -0.389 e. The molecule has 0 saturated carbocycles. The normalized spacial score (nSPS) is 24.5. The molecule has 0 aromatic heterocycles. The molecule has 5 heteroatoms. The molecule has 1 fully saturated rings. The first kappa shape index (κ1) is 10.9. The molecule has 0 unspecified atom stereocenters. The third kappa shape index (κ3) is 4.06. The van der Waals surface area contributed by atoms with Gasteiger partial charge >= 0.3 is 0 Å². The van der Waals surface area contributed by atoms with Gasteiger partial charge in [-0.1, -0.05) is 0 Å². The van der Waals surface area contributed by atoms with Crippen LogP contribution in [0.2, 0.25) is 0 Å². The van der Waals surface area contributed by atoms with Crippen molar-refractivity contribution >= 4 is 9.84 Å². The van der Waals surface area contributed by atoms with Crippen molar-refractivity contribution in [1.82, 2.24) is 4.90 Å². The second-order valence-corrected chi connectivity index (χ2v) is 6.54. The van der Waals surface area contributed by atoms with Crippen molar-refractivity contribution < 1.29 is 13.5 Å². The Bertz CT molecular complexity index is 252. The molecule has 4 nitrogen and oxygen atoms in total. The molecule has 1 aliphatic heterocycles. The standard InChI is InChI=1S/C8H17NO3S/c1-8(2,10)7-9-3-5-13(11,12)6-4-9/h10H,3-7H2,1-2H3. The fraction of sp³-hybridized carbons (Fsp3) is 1.00. The molecule has 1 heterocycles. The lowest BCUT2D eigenvalue weighted by Crippen LogP contribution is -2.46. The Morgan fingerprint density at radius 3 is 2.15 bits per heavy atom. The maximum Gasteiger partial charge on any atom is 0.152 e. The molecular formula is C8H17NO3S. The monoisotopic (exact) mass is 207 g/mol. The van der Waals surface area contributed by atoms with Crippen molar-refractivity contribution in [2.24, 2.45) is 0 Å². The molecule has 1 rings (SSSR count). The minimum atomic E-state index is -2.79. The van der Waals surface area contributed by atoms with E-state index in [2.05, 4.69) is 0 Å². The van der Waals surface area contributed by atoms with E-state index < -0.39 is 15.4 Å². The first-order valence-corrected chi connectivity index (χ1v) is 6.26. The van der Waals surface area contributed by atoms with Gasteiger partial charge in [-0.3, -0.25) is 4.90 Å². The minimum absolute atomic E-state index is 0.225. The summed E-state index contributed by atoms with van der Waals surface area (Å²) < 4.78 is 22.1. The largest absolute Gasteiger partial charge is 0.389 e. The second kappa shape index (κ2) is 3.55. The van der Waals surface area contributed by atoms with Gasteiger partial charge in [0.15, 0.2) is 9.84 Å². The van der Waals surface area contributed by atoms with E-state index in [0.29, 0.717) is 19.6 Å². The van der Waals surface area contributed by atoms with Crippen molar-refractivity contribution in [1.29, 1.82) is 0 Å². The first-order valence-electron chi connectivity index (χ1n) is 4.44. The van der Waals surface area contributed by atoms with Crippen LogP contribution in [0.25, 0.3) is 0 Å². The molecule has 0 aromatic rings. The third-order valence-corrected chi connectivity index (χ3v) is 3.66. The van der Waals surface area contributed by atoms with Crippen molar-refractivity contribution in [3.8, 4) is 0 Å². The predicted octanol–water partition coefficient (Wildman–Crippen LogP) is -0.512. The van der Waals surface area contributed by atoms with Gasteiger partial charge in [0.25, 0.3) is 0 Å². The number of aliphatic hydroxyl groups is 1. The highest BCUT2D eigenvalue weighted by atomic mass is 32.2. The van der Waals surface area contributed by atoms with Crippen molar-refractivity contribution in [2.45, 2.75) is 19.4 Å². The number of sulfone groups is 1. The van der Waals surface area contributed by atoms with E-state index in [-0.39, 0.29) is 11.5 Å². The van der Waals surface area contributed by atoms with Gasteiger partial charge in [-0.15, -0.1) is 0 Å². The third-order valence-electron chi connectivity index (χ3n) is 2.05. The summed E-state index contributed by atoms with van der Waals surface area (Å²) in [6.45, 7) is 5.10. The molecule has 0 spiro atoms. The summed E-state index contributed by atoms with van der Waals surface area (Å²) in [6, 6.07) is 0. The van der Waals surface area contributed by atoms with Gasteiger partial charge in [0, 0.05) is 19.6 Å². The van der Waals surface area contributed by atoms with Crippen molar-refractivity contribution in [3.05, 3.63) is 0 Å². The number of rotatable bonds is 2. The zero-order valence-corrected chi connectivity index (χ0v) is 8.97. The van der Waals surface area contributed by atoms with E-state index in [0.717, 1.165) is 0 Å². The molecule has 1 N–H and O–H groups in total. The summed E-state index contributed by atoms with van der Waals surface area (Å²) in [5.74, 6) is 0.451. The van der Waals surface area contributed by atoms with Crippen LogP contribution < -0.4 is 0 Å². The smallest absolute Gasteiger partial charge is 0.152 e. The molecule has 13 heavy (non-hydrogen) atoms. The highest BCUT2D eigenvalue weighted by molar-refractivity contribution is 7.91. The number of hydrogen-bond donors (Lipinski definition) is 1. The van der Waals surface area contributed by atoms with Crippen LogP contribution in [0.5, 0.6) is 0 Å². The zero-order chi connectivity index (χ0) is 10.1. The van der Waals surface area contributed by atoms with Gasteiger partial charge in [0.2, 0.25) is 0 Å². The van der Waals surface area contributed by atoms with Crippen LogP contribution in [0, 0.1) is 0 Å². The van der Waals surface area contributed by atoms with E-state index in [1.54, 1.807) is 13.8 Å². The maximum absolute atomic E-state index is 11.1. The Hall–Kier alpha value is -0.130. The van der Waals surface area contributed by atoms with Gasteiger partial charge in [-0.05, 0) is 13.8 Å². The molecule has 0 aromatic carbocycles. The summed E-state index contributed by atoms with van der Waals surface area (Å²) in [6.07, 6.45) is 0. The molecule has 0 bridgehead atoms. The first-order chi connectivity index (χ1) is 5.79. The van der Waals surface area contributed by atoms with Crippen molar-refractivity contribution in [2.75, 3.05) is 31.1 Å². The molecular weight excluding hydrogens is 190 g/mol. The van der Waals surface area contributed by atoms with E-state index in [4.69, 9.17) is 0 Å². The SMILES string of the molecule is CC(C)(O)CN1CCS(=O)(=O)CC1. The van der Waals surface area contributed by atoms with E-state index in [1.165, 1.54) is 0 Å². The Labute approximate surface area is 79.5 Å². The van der Waals surface area contributed by atoms with E-state index >= 15 is 0 Å². The Kier molecular flexibility index (Phi) is 2.99. The Morgan fingerprint density at radius 2 is 1.77 bits per heavy atom. The zero-order valence-electron chi connectivity index (χ0n) is 8.15. The van der Waals surface area contributed by atoms with Crippen LogP contribution in [-0.4, -0.2) is 55.2 Å². The lowest BCUT2D eigenvalue weighted by molar-refractivity contribution is 0.0390. The average molecular weight is 207 g/mol.